The molecule has 98 valence electrons. The van der Waals surface area contributed by atoms with Crippen molar-refractivity contribution in [3.05, 3.63) is 29.8 Å². The number of nitrogens with zero attached hydrogens (tertiary/aromatic N) is 1. The number of carbonyl (C=O) groups is 1. The average Bonchev–Trinajstić information content (AvgIpc) is 2.46. The predicted octanol–water partition coefficient (Wildman–Crippen LogP) is 3.44. The highest BCUT2D eigenvalue weighted by Crippen LogP contribution is 2.36. The fourth-order valence-electron chi connectivity index (χ4n) is 2.29. The largest absolute Gasteiger partial charge is 0.465 e. The number of benzene rings is 1. The summed E-state index contributed by atoms with van der Waals surface area (Å²) in [5, 5.41) is 9.07. The van der Waals surface area contributed by atoms with Gasteiger partial charge in [-0.25, -0.2) is 4.79 Å². The molecule has 1 aliphatic heterocycles. The molecule has 1 aliphatic rings. The fraction of sp³-hybridized carbons (Fsp3) is 0.417. The first kappa shape index (κ1) is 12.7. The third-order valence-electron chi connectivity index (χ3n) is 3.07. The summed E-state index contributed by atoms with van der Waals surface area (Å²) < 4.78 is 38.8. The summed E-state index contributed by atoms with van der Waals surface area (Å²) in [7, 11) is 0. The van der Waals surface area contributed by atoms with Gasteiger partial charge in [0.1, 0.15) is 6.04 Å². The maximum absolute atomic E-state index is 12.9. The maximum Gasteiger partial charge on any atom is 0.412 e. The van der Waals surface area contributed by atoms with E-state index in [2.05, 4.69) is 0 Å². The van der Waals surface area contributed by atoms with E-state index in [0.717, 1.165) is 0 Å². The van der Waals surface area contributed by atoms with Crippen LogP contribution in [0.4, 0.5) is 23.7 Å². The van der Waals surface area contributed by atoms with Crippen molar-refractivity contribution in [2.24, 2.45) is 0 Å². The Bertz CT molecular complexity index is 459. The summed E-state index contributed by atoms with van der Waals surface area (Å²) in [6.07, 6.45) is -5.52. The average molecular weight is 259 g/mol. The van der Waals surface area contributed by atoms with Gasteiger partial charge in [-0.1, -0.05) is 18.2 Å². The standard InChI is InChI=1S/C12H12F3NO2/c13-12(14,15)10-7-3-5-8-4-1-2-6-9(8)16(10)11(17)18/h1-2,4,6,10H,3,5,7H2,(H,17,18). The maximum atomic E-state index is 12.9. The van der Waals surface area contributed by atoms with Gasteiger partial charge in [0.2, 0.25) is 0 Å². The lowest BCUT2D eigenvalue weighted by Gasteiger charge is -2.30. The molecular weight excluding hydrogens is 247 g/mol. The van der Waals surface area contributed by atoms with E-state index in [1.54, 1.807) is 18.2 Å². The van der Waals surface area contributed by atoms with Gasteiger partial charge in [-0.2, -0.15) is 13.2 Å². The van der Waals surface area contributed by atoms with Crippen molar-refractivity contribution in [2.45, 2.75) is 31.5 Å². The van der Waals surface area contributed by atoms with Gasteiger partial charge in [0, 0.05) is 0 Å². The smallest absolute Gasteiger partial charge is 0.412 e. The van der Waals surface area contributed by atoms with Gasteiger partial charge in [0.15, 0.2) is 0 Å². The van der Waals surface area contributed by atoms with Gasteiger partial charge >= 0.3 is 12.3 Å². The Kier molecular flexibility index (Phi) is 3.19. The molecule has 1 N–H and O–H groups in total. The molecule has 0 fully saturated rings. The van der Waals surface area contributed by atoms with Crippen molar-refractivity contribution in [3.8, 4) is 0 Å². The lowest BCUT2D eigenvalue weighted by Crippen LogP contribution is -2.48. The van der Waals surface area contributed by atoms with Gasteiger partial charge < -0.3 is 5.11 Å². The SMILES string of the molecule is O=C(O)N1c2ccccc2CCCC1C(F)(F)F. The van der Waals surface area contributed by atoms with Crippen LogP contribution in [-0.4, -0.2) is 23.4 Å². The van der Waals surface area contributed by atoms with Crippen molar-refractivity contribution in [2.75, 3.05) is 4.90 Å². The van der Waals surface area contributed by atoms with Gasteiger partial charge in [-0.3, -0.25) is 4.90 Å². The van der Waals surface area contributed by atoms with E-state index in [1.165, 1.54) is 6.07 Å². The third kappa shape index (κ3) is 2.27. The van der Waals surface area contributed by atoms with Crippen LogP contribution in [0.15, 0.2) is 24.3 Å². The van der Waals surface area contributed by atoms with Gasteiger partial charge in [-0.15, -0.1) is 0 Å². The second-order valence-corrected chi connectivity index (χ2v) is 4.23. The number of aryl methyl sites for hydroxylation is 1. The van der Waals surface area contributed by atoms with Crippen molar-refractivity contribution in [3.63, 3.8) is 0 Å². The molecule has 3 nitrogen and oxygen atoms in total. The van der Waals surface area contributed by atoms with E-state index in [1.807, 2.05) is 0 Å². The van der Waals surface area contributed by atoms with Crippen LogP contribution in [0.3, 0.4) is 0 Å². The van der Waals surface area contributed by atoms with Crippen LogP contribution in [0.5, 0.6) is 0 Å². The first-order chi connectivity index (χ1) is 8.41. The molecule has 1 unspecified atom stereocenters. The van der Waals surface area contributed by atoms with E-state index in [0.29, 0.717) is 23.3 Å². The minimum Gasteiger partial charge on any atom is -0.465 e. The summed E-state index contributed by atoms with van der Waals surface area (Å²) in [5.41, 5.74) is 0.788. The molecule has 18 heavy (non-hydrogen) atoms. The minimum atomic E-state index is -4.55. The van der Waals surface area contributed by atoms with Crippen LogP contribution < -0.4 is 4.90 Å². The van der Waals surface area contributed by atoms with Crippen molar-refractivity contribution >= 4 is 11.8 Å². The Morgan fingerprint density at radius 3 is 2.61 bits per heavy atom. The van der Waals surface area contributed by atoms with Crippen LogP contribution in [0.25, 0.3) is 0 Å². The number of alkyl halides is 3. The predicted molar refractivity (Wildman–Crippen MR) is 59.7 cm³/mol. The zero-order chi connectivity index (χ0) is 13.3. The van der Waals surface area contributed by atoms with Gasteiger partial charge in [0.25, 0.3) is 0 Å². The summed E-state index contributed by atoms with van der Waals surface area (Å²) in [4.78, 5) is 11.6. The van der Waals surface area contributed by atoms with E-state index in [4.69, 9.17) is 5.11 Å². The Labute approximate surface area is 102 Å². The Hall–Kier alpha value is -1.72. The Balaban J connectivity index is 2.51. The summed E-state index contributed by atoms with van der Waals surface area (Å²) in [5.74, 6) is 0. The molecule has 1 amide bonds. The zero-order valence-corrected chi connectivity index (χ0v) is 9.44. The van der Waals surface area contributed by atoms with Crippen molar-refractivity contribution < 1.29 is 23.1 Å². The zero-order valence-electron chi connectivity index (χ0n) is 9.44. The number of hydrogen-bond donors (Lipinski definition) is 1. The molecular formula is C12H12F3NO2. The highest BCUT2D eigenvalue weighted by Gasteiger charge is 2.47. The number of rotatable bonds is 0. The molecule has 0 radical (unpaired) electrons. The number of carboxylic acid groups (broad SMARTS) is 1. The van der Waals surface area contributed by atoms with E-state index < -0.39 is 18.3 Å². The van der Waals surface area contributed by atoms with E-state index in [9.17, 15) is 18.0 Å². The van der Waals surface area contributed by atoms with Crippen LogP contribution in [-0.2, 0) is 6.42 Å². The Morgan fingerprint density at radius 1 is 1.33 bits per heavy atom. The summed E-state index contributed by atoms with van der Waals surface area (Å²) >= 11 is 0. The van der Waals surface area contributed by atoms with Crippen LogP contribution >= 0.6 is 0 Å². The van der Waals surface area contributed by atoms with Gasteiger partial charge in [0.05, 0.1) is 5.69 Å². The molecule has 2 rings (SSSR count). The third-order valence-corrected chi connectivity index (χ3v) is 3.07. The monoisotopic (exact) mass is 259 g/mol. The first-order valence-electron chi connectivity index (χ1n) is 5.58. The van der Waals surface area contributed by atoms with Crippen LogP contribution in [0.1, 0.15) is 18.4 Å². The van der Waals surface area contributed by atoms with Gasteiger partial charge in [-0.05, 0) is 30.9 Å². The molecule has 0 saturated carbocycles. The molecule has 1 atom stereocenters. The van der Waals surface area contributed by atoms with Crippen molar-refractivity contribution in [1.29, 1.82) is 0 Å². The number of fused-ring (bicyclic) bond motifs is 1. The molecule has 0 aliphatic carbocycles. The number of para-hydroxylation sites is 1. The molecule has 0 spiro atoms. The lowest BCUT2D eigenvalue weighted by molar-refractivity contribution is -0.149. The molecule has 0 saturated heterocycles. The first-order valence-corrected chi connectivity index (χ1v) is 5.58. The molecule has 1 aromatic rings. The van der Waals surface area contributed by atoms with Crippen molar-refractivity contribution in [1.82, 2.24) is 0 Å². The highest BCUT2D eigenvalue weighted by molar-refractivity contribution is 5.88. The normalized spacial score (nSPS) is 20.2. The molecule has 0 aromatic heterocycles. The summed E-state index contributed by atoms with van der Waals surface area (Å²) in [6, 6.07) is 4.39. The second kappa shape index (κ2) is 4.51. The number of halogens is 3. The summed E-state index contributed by atoms with van der Waals surface area (Å²) in [6.45, 7) is 0. The molecule has 6 heteroatoms. The van der Waals surface area contributed by atoms with E-state index in [-0.39, 0.29) is 12.1 Å². The topological polar surface area (TPSA) is 40.5 Å². The van der Waals surface area contributed by atoms with Crippen LogP contribution in [0.2, 0.25) is 0 Å². The minimum absolute atomic E-state index is 0.143. The Morgan fingerprint density at radius 2 is 2.00 bits per heavy atom. The number of hydrogen-bond acceptors (Lipinski definition) is 1. The van der Waals surface area contributed by atoms with E-state index >= 15 is 0 Å². The quantitative estimate of drug-likeness (QED) is 0.775. The second-order valence-electron chi connectivity index (χ2n) is 4.23. The molecule has 1 aromatic carbocycles. The fourth-order valence-corrected chi connectivity index (χ4v) is 2.29. The molecule has 1 heterocycles. The highest BCUT2D eigenvalue weighted by atomic mass is 19.4. The number of anilines is 1. The van der Waals surface area contributed by atoms with Crippen LogP contribution in [0, 0.1) is 0 Å². The molecule has 0 bridgehead atoms. The number of amides is 1. The lowest BCUT2D eigenvalue weighted by atomic mass is 10.1.